The van der Waals surface area contributed by atoms with Crippen LogP contribution in [0.15, 0.2) is 24.3 Å². The van der Waals surface area contributed by atoms with Crippen molar-refractivity contribution in [3.63, 3.8) is 0 Å². The molecule has 0 bridgehead atoms. The fourth-order valence-corrected chi connectivity index (χ4v) is 1.98. The summed E-state index contributed by atoms with van der Waals surface area (Å²) in [4.78, 5) is 0. The highest BCUT2D eigenvalue weighted by Gasteiger charge is 2.19. The number of halogens is 1. The molecule has 0 saturated carbocycles. The van der Waals surface area contributed by atoms with Crippen LogP contribution in [0.5, 0.6) is 11.5 Å². The van der Waals surface area contributed by atoms with Gasteiger partial charge in [0, 0.05) is 6.54 Å². The standard InChI is InChI=1S/C12H15NO2.ClH/c1-2-3-10-9-7-12(15)11(14)6-8(9)4-5-13-10;/h2-3,6-7,10,13-15H,4-5H2,1H3;1H. The number of hydrogen-bond donors (Lipinski definition) is 3. The number of phenolic OH excluding ortho intramolecular Hbond substituents is 2. The fourth-order valence-electron chi connectivity index (χ4n) is 1.98. The molecule has 0 aromatic heterocycles. The third kappa shape index (κ3) is 2.31. The van der Waals surface area contributed by atoms with Gasteiger partial charge in [0.05, 0.1) is 6.04 Å². The fraction of sp³-hybridized carbons (Fsp3) is 0.333. The maximum atomic E-state index is 9.46. The van der Waals surface area contributed by atoms with Gasteiger partial charge >= 0.3 is 0 Å². The maximum absolute atomic E-state index is 9.46. The molecule has 1 unspecified atom stereocenters. The molecule has 3 nitrogen and oxygen atoms in total. The zero-order valence-corrected chi connectivity index (χ0v) is 9.92. The number of nitrogens with one attached hydrogen (secondary N) is 1. The number of fused-ring (bicyclic) bond motifs is 1. The minimum atomic E-state index is -0.0491. The van der Waals surface area contributed by atoms with E-state index in [9.17, 15) is 10.2 Å². The van der Waals surface area contributed by atoms with Gasteiger partial charge in [-0.05, 0) is 36.6 Å². The van der Waals surface area contributed by atoms with Gasteiger partial charge in [0.2, 0.25) is 0 Å². The Labute approximate surface area is 101 Å². The number of rotatable bonds is 1. The van der Waals surface area contributed by atoms with E-state index in [0.717, 1.165) is 24.1 Å². The first-order valence-electron chi connectivity index (χ1n) is 5.13. The molecule has 1 aromatic rings. The Balaban J connectivity index is 0.00000128. The molecule has 3 N–H and O–H groups in total. The minimum Gasteiger partial charge on any atom is -0.504 e. The van der Waals surface area contributed by atoms with Crippen LogP contribution >= 0.6 is 12.4 Å². The highest BCUT2D eigenvalue weighted by Crippen LogP contribution is 2.33. The first-order chi connectivity index (χ1) is 7.22. The Hall–Kier alpha value is -1.19. The Morgan fingerprint density at radius 2 is 2.00 bits per heavy atom. The van der Waals surface area contributed by atoms with E-state index in [-0.39, 0.29) is 29.9 Å². The highest BCUT2D eigenvalue weighted by atomic mass is 35.5. The normalized spacial score (nSPS) is 19.2. The van der Waals surface area contributed by atoms with E-state index < -0.39 is 0 Å². The molecule has 1 aliphatic heterocycles. The summed E-state index contributed by atoms with van der Waals surface area (Å²) in [6.07, 6.45) is 4.92. The monoisotopic (exact) mass is 241 g/mol. The van der Waals surface area contributed by atoms with Gasteiger partial charge in [-0.2, -0.15) is 0 Å². The molecular formula is C12H16ClNO2. The molecule has 0 amide bonds. The zero-order valence-electron chi connectivity index (χ0n) is 9.10. The quantitative estimate of drug-likeness (QED) is 0.522. The van der Waals surface area contributed by atoms with E-state index >= 15 is 0 Å². The van der Waals surface area contributed by atoms with Crippen molar-refractivity contribution in [2.75, 3.05) is 6.54 Å². The summed E-state index contributed by atoms with van der Waals surface area (Å²) in [7, 11) is 0. The van der Waals surface area contributed by atoms with E-state index in [1.54, 1.807) is 12.1 Å². The molecule has 2 rings (SSSR count). The molecule has 0 fully saturated rings. The van der Waals surface area contributed by atoms with Crippen molar-refractivity contribution < 1.29 is 10.2 Å². The van der Waals surface area contributed by atoms with Crippen LogP contribution in [0.1, 0.15) is 24.1 Å². The van der Waals surface area contributed by atoms with Gasteiger partial charge in [-0.25, -0.2) is 0 Å². The molecule has 0 radical (unpaired) electrons. The van der Waals surface area contributed by atoms with Gasteiger partial charge in [0.25, 0.3) is 0 Å². The number of allylic oxidation sites excluding steroid dienone is 1. The van der Waals surface area contributed by atoms with Crippen LogP contribution < -0.4 is 5.32 Å². The summed E-state index contributed by atoms with van der Waals surface area (Å²) >= 11 is 0. The van der Waals surface area contributed by atoms with Gasteiger partial charge < -0.3 is 15.5 Å². The largest absolute Gasteiger partial charge is 0.504 e. The molecule has 16 heavy (non-hydrogen) atoms. The molecule has 0 spiro atoms. The van der Waals surface area contributed by atoms with Crippen LogP contribution in [0.4, 0.5) is 0 Å². The van der Waals surface area contributed by atoms with Crippen molar-refractivity contribution in [2.24, 2.45) is 0 Å². The molecule has 1 heterocycles. The second-order valence-corrected chi connectivity index (χ2v) is 3.75. The van der Waals surface area contributed by atoms with Crippen molar-refractivity contribution in [1.29, 1.82) is 0 Å². The van der Waals surface area contributed by atoms with Gasteiger partial charge in [0.15, 0.2) is 11.5 Å². The van der Waals surface area contributed by atoms with Gasteiger partial charge in [0.1, 0.15) is 0 Å². The van der Waals surface area contributed by atoms with Crippen LogP contribution in [0.2, 0.25) is 0 Å². The van der Waals surface area contributed by atoms with Gasteiger partial charge in [-0.3, -0.25) is 0 Å². The van der Waals surface area contributed by atoms with Crippen molar-refractivity contribution in [3.8, 4) is 11.5 Å². The lowest BCUT2D eigenvalue weighted by Gasteiger charge is -2.25. The number of benzene rings is 1. The molecule has 1 aromatic carbocycles. The summed E-state index contributed by atoms with van der Waals surface area (Å²) in [5.41, 5.74) is 2.15. The molecule has 1 aliphatic rings. The lowest BCUT2D eigenvalue weighted by atomic mass is 9.93. The van der Waals surface area contributed by atoms with Crippen molar-refractivity contribution in [1.82, 2.24) is 5.32 Å². The first-order valence-corrected chi connectivity index (χ1v) is 5.13. The van der Waals surface area contributed by atoms with Crippen LogP contribution in [-0.2, 0) is 6.42 Å². The average molecular weight is 242 g/mol. The smallest absolute Gasteiger partial charge is 0.157 e. The van der Waals surface area contributed by atoms with Crippen LogP contribution in [-0.4, -0.2) is 16.8 Å². The van der Waals surface area contributed by atoms with E-state index in [0.29, 0.717) is 0 Å². The van der Waals surface area contributed by atoms with Crippen LogP contribution in [0, 0.1) is 0 Å². The van der Waals surface area contributed by atoms with Crippen LogP contribution in [0.3, 0.4) is 0 Å². The molecule has 0 aliphatic carbocycles. The van der Waals surface area contributed by atoms with E-state index in [2.05, 4.69) is 11.4 Å². The second kappa shape index (κ2) is 5.23. The topological polar surface area (TPSA) is 52.5 Å². The maximum Gasteiger partial charge on any atom is 0.157 e. The predicted octanol–water partition coefficient (Wildman–Crippen LogP) is 2.28. The SMILES string of the molecule is CC=CC1NCCc2cc(O)c(O)cc21.Cl. The average Bonchev–Trinajstić information content (AvgIpc) is 2.21. The molecule has 88 valence electrons. The minimum absolute atomic E-state index is 0. The van der Waals surface area contributed by atoms with Crippen molar-refractivity contribution in [2.45, 2.75) is 19.4 Å². The number of hydrogen-bond acceptors (Lipinski definition) is 3. The van der Waals surface area contributed by atoms with Gasteiger partial charge in [-0.1, -0.05) is 12.2 Å². The zero-order chi connectivity index (χ0) is 10.8. The lowest BCUT2D eigenvalue weighted by Crippen LogP contribution is -2.28. The molecule has 4 heteroatoms. The first kappa shape index (κ1) is 12.9. The highest BCUT2D eigenvalue weighted by molar-refractivity contribution is 5.85. The third-order valence-electron chi connectivity index (χ3n) is 2.71. The van der Waals surface area contributed by atoms with E-state index in [4.69, 9.17) is 0 Å². The Morgan fingerprint density at radius 1 is 1.31 bits per heavy atom. The number of aromatic hydroxyl groups is 2. The summed E-state index contributed by atoms with van der Waals surface area (Å²) in [5.74, 6) is -0.0816. The third-order valence-corrected chi connectivity index (χ3v) is 2.71. The lowest BCUT2D eigenvalue weighted by molar-refractivity contribution is 0.400. The summed E-state index contributed by atoms with van der Waals surface area (Å²) in [5, 5.41) is 22.2. The molecule has 1 atom stereocenters. The van der Waals surface area contributed by atoms with Crippen molar-refractivity contribution >= 4 is 12.4 Å². The predicted molar refractivity (Wildman–Crippen MR) is 66.3 cm³/mol. The Morgan fingerprint density at radius 3 is 2.69 bits per heavy atom. The summed E-state index contributed by atoms with van der Waals surface area (Å²) in [6.45, 7) is 2.86. The Bertz CT molecular complexity index is 404. The second-order valence-electron chi connectivity index (χ2n) is 3.75. The molecule has 0 saturated heterocycles. The molecular weight excluding hydrogens is 226 g/mol. The summed E-state index contributed by atoms with van der Waals surface area (Å²) in [6, 6.07) is 3.44. The van der Waals surface area contributed by atoms with E-state index in [1.165, 1.54) is 0 Å². The van der Waals surface area contributed by atoms with Gasteiger partial charge in [-0.15, -0.1) is 12.4 Å². The van der Waals surface area contributed by atoms with Crippen LogP contribution in [0.25, 0.3) is 0 Å². The van der Waals surface area contributed by atoms with Crippen molar-refractivity contribution in [3.05, 3.63) is 35.4 Å². The van der Waals surface area contributed by atoms with E-state index in [1.807, 2.05) is 13.0 Å². The number of phenols is 2. The Kier molecular flexibility index (Phi) is 4.21. The summed E-state index contributed by atoms with van der Waals surface area (Å²) < 4.78 is 0.